The average molecular weight is 409 g/mol. The zero-order valence-corrected chi connectivity index (χ0v) is 16.7. The van der Waals surface area contributed by atoms with Crippen LogP contribution in [0, 0.1) is 0 Å². The molecule has 2 aromatic rings. The van der Waals surface area contributed by atoms with Crippen LogP contribution in [0.15, 0.2) is 42.5 Å². The molecule has 1 fully saturated rings. The number of rotatable bonds is 5. The molecule has 5 atom stereocenters. The number of thioether (sulfide) groups is 1. The highest BCUT2D eigenvalue weighted by atomic mass is 35.5. The first-order valence-electron chi connectivity index (χ1n) is 9.11. The molecule has 2 aromatic carbocycles. The fourth-order valence-corrected chi connectivity index (χ4v) is 4.99. The van der Waals surface area contributed by atoms with Crippen LogP contribution in [0.1, 0.15) is 34.4 Å². The molecule has 1 unspecified atom stereocenters. The Morgan fingerprint density at radius 3 is 2.22 bits per heavy atom. The summed E-state index contributed by atoms with van der Waals surface area (Å²) in [6.45, 7) is 1.85. The van der Waals surface area contributed by atoms with E-state index in [4.69, 9.17) is 11.6 Å². The van der Waals surface area contributed by atoms with Crippen molar-refractivity contribution in [2.75, 3.05) is 6.61 Å². The van der Waals surface area contributed by atoms with Crippen LogP contribution in [0.5, 0.6) is 0 Å². The van der Waals surface area contributed by atoms with Gasteiger partial charge in [0, 0.05) is 5.02 Å². The molecule has 146 valence electrons. The Morgan fingerprint density at radius 1 is 0.926 bits per heavy atom. The van der Waals surface area contributed by atoms with E-state index in [-0.39, 0.29) is 6.61 Å². The molecule has 0 amide bonds. The standard InChI is InChI=1S/C21H25ClO4S/c1-2-12-3-5-13(6-4-12)9-15-10-14(7-8-16(15)22)21-20(26)19(25)18(24)17(11-23)27-21/h3-8,10,17-21,23-26H,2,9,11H2,1H3/t17-,18-,19+,20-,21?/m1/s1. The van der Waals surface area contributed by atoms with Crippen LogP contribution in [0.4, 0.5) is 0 Å². The maximum Gasteiger partial charge on any atom is 0.108 e. The van der Waals surface area contributed by atoms with Crippen molar-refractivity contribution in [1.82, 2.24) is 0 Å². The van der Waals surface area contributed by atoms with Gasteiger partial charge in [0.15, 0.2) is 0 Å². The van der Waals surface area contributed by atoms with E-state index in [0.29, 0.717) is 11.4 Å². The number of aliphatic hydroxyl groups is 4. The molecule has 4 N–H and O–H groups in total. The first-order chi connectivity index (χ1) is 12.9. The summed E-state index contributed by atoms with van der Waals surface area (Å²) in [5.41, 5.74) is 4.18. The van der Waals surface area contributed by atoms with Gasteiger partial charge in [-0.25, -0.2) is 0 Å². The number of aryl methyl sites for hydroxylation is 1. The predicted octanol–water partition coefficient (Wildman–Crippen LogP) is 2.72. The van der Waals surface area contributed by atoms with E-state index in [2.05, 4.69) is 31.2 Å². The van der Waals surface area contributed by atoms with Crippen molar-refractivity contribution in [1.29, 1.82) is 0 Å². The van der Waals surface area contributed by atoms with Gasteiger partial charge in [-0.15, -0.1) is 11.8 Å². The smallest absolute Gasteiger partial charge is 0.108 e. The Labute approximate surface area is 168 Å². The zero-order chi connectivity index (χ0) is 19.6. The lowest BCUT2D eigenvalue weighted by atomic mass is 9.94. The highest BCUT2D eigenvalue weighted by Crippen LogP contribution is 2.43. The van der Waals surface area contributed by atoms with Gasteiger partial charge in [-0.05, 0) is 41.2 Å². The molecule has 0 aliphatic carbocycles. The summed E-state index contributed by atoms with van der Waals surface area (Å²) in [4.78, 5) is 0. The van der Waals surface area contributed by atoms with Crippen LogP contribution >= 0.6 is 23.4 Å². The van der Waals surface area contributed by atoms with Gasteiger partial charge in [0.2, 0.25) is 0 Å². The number of hydrogen-bond donors (Lipinski definition) is 4. The summed E-state index contributed by atoms with van der Waals surface area (Å²) in [6.07, 6.45) is -1.92. The van der Waals surface area contributed by atoms with Crippen molar-refractivity contribution < 1.29 is 20.4 Å². The second-order valence-corrected chi connectivity index (χ2v) is 8.74. The van der Waals surface area contributed by atoms with E-state index >= 15 is 0 Å². The lowest BCUT2D eigenvalue weighted by molar-refractivity contribution is -0.0700. The number of halogens is 1. The molecule has 4 nitrogen and oxygen atoms in total. The van der Waals surface area contributed by atoms with Crippen LogP contribution in [0.2, 0.25) is 5.02 Å². The normalized spacial score (nSPS) is 28.3. The maximum absolute atomic E-state index is 10.4. The number of aliphatic hydroxyl groups excluding tert-OH is 4. The molecule has 0 aromatic heterocycles. The van der Waals surface area contributed by atoms with Crippen LogP contribution < -0.4 is 0 Å². The monoisotopic (exact) mass is 408 g/mol. The van der Waals surface area contributed by atoms with Crippen molar-refractivity contribution in [3.05, 3.63) is 69.7 Å². The summed E-state index contributed by atoms with van der Waals surface area (Å²) in [7, 11) is 0. The lowest BCUT2D eigenvalue weighted by Gasteiger charge is -2.39. The molecule has 1 aliphatic rings. The third-order valence-electron chi connectivity index (χ3n) is 5.12. The summed E-state index contributed by atoms with van der Waals surface area (Å²) in [5, 5.41) is 39.7. The van der Waals surface area contributed by atoms with Crippen LogP contribution in [-0.2, 0) is 12.8 Å². The minimum Gasteiger partial charge on any atom is -0.395 e. The van der Waals surface area contributed by atoms with Crippen LogP contribution in [-0.4, -0.2) is 50.6 Å². The van der Waals surface area contributed by atoms with Gasteiger partial charge >= 0.3 is 0 Å². The fraction of sp³-hybridized carbons (Fsp3) is 0.429. The molecule has 3 rings (SSSR count). The predicted molar refractivity (Wildman–Crippen MR) is 109 cm³/mol. The zero-order valence-electron chi connectivity index (χ0n) is 15.1. The van der Waals surface area contributed by atoms with Gasteiger partial charge in [-0.3, -0.25) is 0 Å². The third-order valence-corrected chi connectivity index (χ3v) is 7.11. The molecule has 1 heterocycles. The fourth-order valence-electron chi connectivity index (χ4n) is 3.40. The molecule has 0 spiro atoms. The van der Waals surface area contributed by atoms with Crippen molar-refractivity contribution >= 4 is 23.4 Å². The van der Waals surface area contributed by atoms with E-state index in [1.807, 2.05) is 12.1 Å². The van der Waals surface area contributed by atoms with Crippen LogP contribution in [0.3, 0.4) is 0 Å². The highest BCUT2D eigenvalue weighted by Gasteiger charge is 2.43. The van der Waals surface area contributed by atoms with E-state index in [1.165, 1.54) is 17.3 Å². The molecule has 1 saturated heterocycles. The largest absolute Gasteiger partial charge is 0.395 e. The minimum absolute atomic E-state index is 0.268. The number of benzene rings is 2. The second kappa shape index (κ2) is 8.95. The Hall–Kier alpha value is -1.08. The van der Waals surface area contributed by atoms with Gasteiger partial charge in [-0.1, -0.05) is 54.9 Å². The maximum atomic E-state index is 10.4. The molecule has 27 heavy (non-hydrogen) atoms. The van der Waals surface area contributed by atoms with Gasteiger partial charge in [0.1, 0.15) is 6.10 Å². The van der Waals surface area contributed by atoms with Gasteiger partial charge in [0.25, 0.3) is 0 Å². The summed E-state index contributed by atoms with van der Waals surface area (Å²) in [6, 6.07) is 14.0. The molecule has 6 heteroatoms. The average Bonchev–Trinajstić information content (AvgIpc) is 2.69. The SMILES string of the molecule is CCc1ccc(Cc2cc(C3S[C@H](CO)[C@@H](O)[C@H](O)[C@H]3O)ccc2Cl)cc1. The van der Waals surface area contributed by atoms with Crippen LogP contribution in [0.25, 0.3) is 0 Å². The van der Waals surface area contributed by atoms with Crippen molar-refractivity contribution in [2.24, 2.45) is 0 Å². The van der Waals surface area contributed by atoms with E-state index < -0.39 is 28.8 Å². The van der Waals surface area contributed by atoms with Crippen molar-refractivity contribution in [2.45, 2.75) is 48.6 Å². The first-order valence-corrected chi connectivity index (χ1v) is 10.4. The van der Waals surface area contributed by atoms with Gasteiger partial charge in [0.05, 0.1) is 29.3 Å². The molecular formula is C21H25ClO4S. The molecule has 0 bridgehead atoms. The Balaban J connectivity index is 1.85. The Morgan fingerprint density at radius 2 is 1.59 bits per heavy atom. The topological polar surface area (TPSA) is 80.9 Å². The summed E-state index contributed by atoms with van der Waals surface area (Å²) in [5.74, 6) is 0. The van der Waals surface area contributed by atoms with Gasteiger partial charge < -0.3 is 20.4 Å². The quantitative estimate of drug-likeness (QED) is 0.611. The highest BCUT2D eigenvalue weighted by molar-refractivity contribution is 8.00. The van der Waals surface area contributed by atoms with Crippen molar-refractivity contribution in [3.63, 3.8) is 0 Å². The minimum atomic E-state index is -1.30. The van der Waals surface area contributed by atoms with Crippen molar-refractivity contribution in [3.8, 4) is 0 Å². The third kappa shape index (κ3) is 4.50. The number of hydrogen-bond acceptors (Lipinski definition) is 5. The first kappa shape index (κ1) is 20.6. The lowest BCUT2D eigenvalue weighted by Crippen LogP contribution is -2.51. The molecule has 0 radical (unpaired) electrons. The van der Waals surface area contributed by atoms with E-state index in [9.17, 15) is 20.4 Å². The Bertz CT molecular complexity index is 765. The second-order valence-electron chi connectivity index (χ2n) is 6.95. The summed E-state index contributed by atoms with van der Waals surface area (Å²) < 4.78 is 0. The molecule has 0 saturated carbocycles. The Kier molecular flexibility index (Phi) is 6.84. The van der Waals surface area contributed by atoms with E-state index in [0.717, 1.165) is 23.1 Å². The van der Waals surface area contributed by atoms with E-state index in [1.54, 1.807) is 6.07 Å². The summed E-state index contributed by atoms with van der Waals surface area (Å²) >= 11 is 7.67. The molecular weight excluding hydrogens is 384 g/mol. The van der Waals surface area contributed by atoms with Gasteiger partial charge in [-0.2, -0.15) is 0 Å². The molecule has 1 aliphatic heterocycles.